The molecule has 2 aliphatic heterocycles. The van der Waals surface area contributed by atoms with Crippen LogP contribution in [-0.4, -0.2) is 52.4 Å². The Morgan fingerprint density at radius 2 is 2.06 bits per heavy atom. The number of carbonyl (C=O) groups is 1. The number of rotatable bonds is 4. The minimum Gasteiger partial charge on any atom is -0.481 e. The van der Waals surface area contributed by atoms with E-state index in [-0.39, 0.29) is 18.6 Å². The number of hydrogen-bond donors (Lipinski definition) is 2. The van der Waals surface area contributed by atoms with Crippen molar-refractivity contribution in [1.82, 2.24) is 4.90 Å². The normalized spacial score (nSPS) is 32.4. The first-order chi connectivity index (χ1) is 15.9. The second-order valence-corrected chi connectivity index (χ2v) is 9.95. The maximum Gasteiger partial charge on any atom is 0.318 e. The van der Waals surface area contributed by atoms with Crippen LogP contribution in [0.5, 0.6) is 5.75 Å². The van der Waals surface area contributed by atoms with Gasteiger partial charge in [0.2, 0.25) is 0 Å². The van der Waals surface area contributed by atoms with Crippen LogP contribution in [0.3, 0.4) is 0 Å². The molecule has 1 fully saturated rings. The zero-order valence-electron chi connectivity index (χ0n) is 19.0. The van der Waals surface area contributed by atoms with Gasteiger partial charge in [0, 0.05) is 23.6 Å². The summed E-state index contributed by atoms with van der Waals surface area (Å²) in [4.78, 5) is 15.4. The molecule has 0 amide bonds. The molecule has 6 heteroatoms. The number of piperidine rings is 1. The summed E-state index contributed by atoms with van der Waals surface area (Å²) in [6.45, 7) is 2.52. The lowest BCUT2D eigenvalue weighted by atomic mass is 9.50. The molecular formula is C27H29NO5. The van der Waals surface area contributed by atoms with Gasteiger partial charge in [0.25, 0.3) is 0 Å². The fraction of sp³-hybridized carbons (Fsp3) is 0.444. The summed E-state index contributed by atoms with van der Waals surface area (Å²) in [5.41, 5.74) is 2.03. The molecule has 33 heavy (non-hydrogen) atoms. The lowest BCUT2D eigenvalue weighted by Crippen LogP contribution is -2.74. The molecule has 5 atom stereocenters. The Hall–Kier alpha value is -2.67. The smallest absolute Gasteiger partial charge is 0.318 e. The molecule has 4 aliphatic rings. The highest BCUT2D eigenvalue weighted by Crippen LogP contribution is 2.64. The van der Waals surface area contributed by atoms with E-state index in [9.17, 15) is 15.0 Å². The zero-order chi connectivity index (χ0) is 23.0. The van der Waals surface area contributed by atoms with Gasteiger partial charge in [-0.25, -0.2) is 0 Å². The number of carbonyl (C=O) groups excluding carboxylic acids is 1. The van der Waals surface area contributed by atoms with Crippen molar-refractivity contribution in [3.8, 4) is 5.75 Å². The monoisotopic (exact) mass is 447 g/mol. The SMILES string of the molecule is C[C@@H](C(=O)OC1=CC[C@@]2(O)[C@H]3Cc4ccc(CO)c5c4C2(CCN3C)C1O5)c1ccccc1. The number of benzene rings is 2. The summed E-state index contributed by atoms with van der Waals surface area (Å²) in [7, 11) is 2.06. The molecule has 172 valence electrons. The van der Waals surface area contributed by atoms with Crippen LogP contribution in [0.2, 0.25) is 0 Å². The van der Waals surface area contributed by atoms with E-state index >= 15 is 0 Å². The second-order valence-electron chi connectivity index (χ2n) is 9.95. The van der Waals surface area contributed by atoms with Crippen molar-refractivity contribution < 1.29 is 24.5 Å². The van der Waals surface area contributed by atoms with Crippen LogP contribution in [0.1, 0.15) is 47.9 Å². The zero-order valence-corrected chi connectivity index (χ0v) is 19.0. The topological polar surface area (TPSA) is 79.2 Å². The highest BCUT2D eigenvalue weighted by atomic mass is 16.6. The average molecular weight is 448 g/mol. The van der Waals surface area contributed by atoms with Gasteiger partial charge in [0.05, 0.1) is 23.5 Å². The number of nitrogens with zero attached hydrogens (tertiary/aromatic N) is 1. The number of hydrogen-bond acceptors (Lipinski definition) is 6. The van der Waals surface area contributed by atoms with Crippen LogP contribution in [0.4, 0.5) is 0 Å². The van der Waals surface area contributed by atoms with E-state index in [1.807, 2.05) is 49.4 Å². The van der Waals surface area contributed by atoms with Crippen molar-refractivity contribution in [3.05, 3.63) is 76.6 Å². The summed E-state index contributed by atoms with van der Waals surface area (Å²) < 4.78 is 12.5. The molecule has 2 bridgehead atoms. The molecule has 0 radical (unpaired) electrons. The molecule has 6 rings (SSSR count). The minimum absolute atomic E-state index is 0.0486. The third-order valence-electron chi connectivity index (χ3n) is 8.50. The van der Waals surface area contributed by atoms with Gasteiger partial charge in [-0.05, 0) is 50.6 Å². The van der Waals surface area contributed by atoms with Crippen molar-refractivity contribution in [2.75, 3.05) is 13.6 Å². The molecular weight excluding hydrogens is 418 g/mol. The van der Waals surface area contributed by atoms with Gasteiger partial charge in [-0.3, -0.25) is 4.79 Å². The predicted molar refractivity (Wildman–Crippen MR) is 122 cm³/mol. The van der Waals surface area contributed by atoms with Gasteiger partial charge < -0.3 is 24.6 Å². The van der Waals surface area contributed by atoms with E-state index < -0.39 is 23.0 Å². The summed E-state index contributed by atoms with van der Waals surface area (Å²) in [6.07, 6.45) is 3.07. The van der Waals surface area contributed by atoms with Gasteiger partial charge in [-0.2, -0.15) is 0 Å². The summed E-state index contributed by atoms with van der Waals surface area (Å²) >= 11 is 0. The van der Waals surface area contributed by atoms with Gasteiger partial charge in [0.1, 0.15) is 11.5 Å². The molecule has 2 aromatic rings. The van der Waals surface area contributed by atoms with Gasteiger partial charge in [0.15, 0.2) is 6.10 Å². The number of likely N-dealkylation sites (tertiary alicyclic amines) is 1. The van der Waals surface area contributed by atoms with Gasteiger partial charge in [-0.1, -0.05) is 42.5 Å². The lowest BCUT2D eigenvalue weighted by molar-refractivity contribution is -0.169. The lowest BCUT2D eigenvalue weighted by Gasteiger charge is -2.61. The van der Waals surface area contributed by atoms with E-state index in [0.717, 1.165) is 29.7 Å². The molecule has 2 aliphatic carbocycles. The Kier molecular flexibility index (Phi) is 4.54. The first-order valence-corrected chi connectivity index (χ1v) is 11.7. The number of aliphatic hydroxyl groups is 2. The Morgan fingerprint density at radius 3 is 2.82 bits per heavy atom. The van der Waals surface area contributed by atoms with E-state index in [4.69, 9.17) is 9.47 Å². The van der Waals surface area contributed by atoms with Gasteiger partial charge in [-0.15, -0.1) is 0 Å². The Morgan fingerprint density at radius 1 is 1.27 bits per heavy atom. The van der Waals surface area contributed by atoms with E-state index in [1.54, 1.807) is 0 Å². The first kappa shape index (κ1) is 20.9. The first-order valence-electron chi connectivity index (χ1n) is 11.7. The molecule has 1 saturated heterocycles. The van der Waals surface area contributed by atoms with E-state index in [2.05, 4.69) is 18.0 Å². The van der Waals surface area contributed by atoms with E-state index in [1.165, 1.54) is 0 Å². The summed E-state index contributed by atoms with van der Waals surface area (Å²) in [5, 5.41) is 22.2. The summed E-state index contributed by atoms with van der Waals surface area (Å²) in [5.74, 6) is 0.371. The molecule has 6 nitrogen and oxygen atoms in total. The average Bonchev–Trinajstić information content (AvgIpc) is 3.19. The van der Waals surface area contributed by atoms with Crippen molar-refractivity contribution in [1.29, 1.82) is 0 Å². The molecule has 1 spiro atoms. The molecule has 0 aromatic heterocycles. The van der Waals surface area contributed by atoms with Crippen LogP contribution >= 0.6 is 0 Å². The maximum atomic E-state index is 13.1. The molecule has 2 aromatic carbocycles. The van der Waals surface area contributed by atoms with Crippen molar-refractivity contribution >= 4 is 5.97 Å². The fourth-order valence-electron chi connectivity index (χ4n) is 6.71. The van der Waals surface area contributed by atoms with Crippen LogP contribution < -0.4 is 4.74 Å². The molecule has 2 unspecified atom stereocenters. The van der Waals surface area contributed by atoms with Crippen molar-refractivity contribution in [2.45, 2.75) is 61.9 Å². The fourth-order valence-corrected chi connectivity index (χ4v) is 6.71. The minimum atomic E-state index is -1.03. The number of esters is 1. The van der Waals surface area contributed by atoms with Crippen molar-refractivity contribution in [2.24, 2.45) is 0 Å². The van der Waals surface area contributed by atoms with Crippen molar-refractivity contribution in [3.63, 3.8) is 0 Å². The third-order valence-corrected chi connectivity index (χ3v) is 8.50. The quantitative estimate of drug-likeness (QED) is 0.702. The van der Waals surface area contributed by atoms with Crippen LogP contribution in [0.15, 0.2) is 54.3 Å². The molecule has 2 N–H and O–H groups in total. The van der Waals surface area contributed by atoms with Crippen LogP contribution in [-0.2, 0) is 28.0 Å². The highest BCUT2D eigenvalue weighted by Gasteiger charge is 2.71. The van der Waals surface area contributed by atoms with Crippen LogP contribution in [0, 0.1) is 0 Å². The summed E-state index contributed by atoms with van der Waals surface area (Å²) in [6, 6.07) is 13.5. The maximum absolute atomic E-state index is 13.1. The van der Waals surface area contributed by atoms with E-state index in [0.29, 0.717) is 29.9 Å². The Balaban J connectivity index is 1.44. The Labute approximate surface area is 193 Å². The number of aliphatic hydroxyl groups excluding tert-OH is 1. The van der Waals surface area contributed by atoms with Gasteiger partial charge >= 0.3 is 5.97 Å². The number of ether oxygens (including phenoxy) is 2. The Bertz CT molecular complexity index is 1160. The third kappa shape index (κ3) is 2.63. The second kappa shape index (κ2) is 7.16. The van der Waals surface area contributed by atoms with Crippen LogP contribution in [0.25, 0.3) is 0 Å². The molecule has 2 heterocycles. The number of likely N-dealkylation sites (N-methyl/N-ethyl adjacent to an activating group) is 1. The highest BCUT2D eigenvalue weighted by molar-refractivity contribution is 5.79. The standard InChI is InChI=1S/C27H29NO5/c1-16(17-6-4-3-5-7-17)25(30)32-20-10-11-27(31)21-14-18-8-9-19(15-29)23-22(18)26(27,24(20)33-23)12-13-28(21)2/h3-10,16,21,24,29,31H,11-15H2,1-2H3/t16-,21-,24?,26?,27-/m1/s1. The molecule has 0 saturated carbocycles. The largest absolute Gasteiger partial charge is 0.481 e. The predicted octanol–water partition coefficient (Wildman–Crippen LogP) is 2.80.